The van der Waals surface area contributed by atoms with E-state index >= 15 is 0 Å². The molecule has 1 aromatic carbocycles. The molecule has 5 heteroatoms. The summed E-state index contributed by atoms with van der Waals surface area (Å²) in [4.78, 5) is 9.50. The molecule has 0 aliphatic carbocycles. The third-order valence-electron chi connectivity index (χ3n) is 5.34. The van der Waals surface area contributed by atoms with Crippen LogP contribution in [0.5, 0.6) is 0 Å². The van der Waals surface area contributed by atoms with Crippen LogP contribution >= 0.6 is 0 Å². The smallest absolute Gasteiger partial charge is 0.298 e. The summed E-state index contributed by atoms with van der Waals surface area (Å²) < 4.78 is 11.4. The number of nitrogens with zero attached hydrogens (tertiary/aromatic N) is 3. The summed E-state index contributed by atoms with van der Waals surface area (Å²) in [5.41, 5.74) is 1.81. The fourth-order valence-electron chi connectivity index (χ4n) is 3.86. The minimum absolute atomic E-state index is 0.513. The van der Waals surface area contributed by atoms with Crippen molar-refractivity contribution in [2.45, 2.75) is 37.8 Å². The van der Waals surface area contributed by atoms with Gasteiger partial charge in [0.15, 0.2) is 5.58 Å². The second-order valence-electron chi connectivity index (χ2n) is 6.69. The van der Waals surface area contributed by atoms with Crippen molar-refractivity contribution in [3.63, 3.8) is 0 Å². The molecule has 2 saturated heterocycles. The van der Waals surface area contributed by atoms with E-state index in [0.717, 1.165) is 36.4 Å². The van der Waals surface area contributed by atoms with Crippen molar-refractivity contribution >= 4 is 17.1 Å². The third-order valence-corrected chi connectivity index (χ3v) is 5.34. The summed E-state index contributed by atoms with van der Waals surface area (Å²) in [6.07, 6.45) is 4.72. The van der Waals surface area contributed by atoms with Crippen LogP contribution in [0.1, 0.15) is 25.7 Å². The van der Waals surface area contributed by atoms with Crippen molar-refractivity contribution < 1.29 is 9.15 Å². The number of hydrogen-bond donors (Lipinski definition) is 0. The van der Waals surface area contributed by atoms with Gasteiger partial charge < -0.3 is 19.0 Å². The fourth-order valence-corrected chi connectivity index (χ4v) is 3.86. The van der Waals surface area contributed by atoms with E-state index in [1.54, 1.807) is 0 Å². The Balaban J connectivity index is 1.39. The number of piperidine rings is 1. The largest absolute Gasteiger partial charge is 0.423 e. The van der Waals surface area contributed by atoms with Crippen LogP contribution in [0.3, 0.4) is 0 Å². The molecule has 2 aliphatic rings. The molecule has 5 nitrogen and oxygen atoms in total. The van der Waals surface area contributed by atoms with Gasteiger partial charge in [0.1, 0.15) is 5.52 Å². The number of rotatable bonds is 3. The van der Waals surface area contributed by atoms with Crippen molar-refractivity contribution in [3.05, 3.63) is 24.3 Å². The number of likely N-dealkylation sites (tertiary alicyclic amines) is 1. The van der Waals surface area contributed by atoms with Gasteiger partial charge >= 0.3 is 0 Å². The molecule has 124 valence electrons. The van der Waals surface area contributed by atoms with Gasteiger partial charge in [-0.25, -0.2) is 0 Å². The number of ether oxygens (including phenoxy) is 1. The minimum Gasteiger partial charge on any atom is -0.423 e. The van der Waals surface area contributed by atoms with Gasteiger partial charge in [-0.05, 0) is 37.8 Å². The number of aromatic nitrogens is 1. The monoisotopic (exact) mass is 315 g/mol. The number of para-hydroxylation sites is 2. The predicted molar refractivity (Wildman–Crippen MR) is 90.8 cm³/mol. The minimum atomic E-state index is 0.513. The molecule has 3 heterocycles. The molecule has 0 unspecified atom stereocenters. The van der Waals surface area contributed by atoms with Crippen LogP contribution in [0.15, 0.2) is 28.7 Å². The van der Waals surface area contributed by atoms with E-state index in [1.807, 2.05) is 24.3 Å². The van der Waals surface area contributed by atoms with E-state index in [1.165, 1.54) is 38.8 Å². The quantitative estimate of drug-likeness (QED) is 0.871. The summed E-state index contributed by atoms with van der Waals surface area (Å²) in [6.45, 7) is 4.18. The van der Waals surface area contributed by atoms with Crippen LogP contribution in [0.25, 0.3) is 11.1 Å². The first kappa shape index (κ1) is 15.0. The van der Waals surface area contributed by atoms with Gasteiger partial charge in [-0.1, -0.05) is 12.1 Å². The summed E-state index contributed by atoms with van der Waals surface area (Å²) in [7, 11) is 2.11. The molecule has 0 atom stereocenters. The SMILES string of the molecule is CN(c1nc2ccccc2o1)C1CCN(C2CCOCC2)CC1. The molecule has 4 rings (SSSR count). The van der Waals surface area contributed by atoms with Gasteiger partial charge in [0.2, 0.25) is 0 Å². The molecular formula is C18H25N3O2. The zero-order valence-electron chi connectivity index (χ0n) is 13.8. The van der Waals surface area contributed by atoms with Gasteiger partial charge in [0.05, 0.1) is 0 Å². The van der Waals surface area contributed by atoms with Crippen molar-refractivity contribution in [2.24, 2.45) is 0 Å². The first-order valence-corrected chi connectivity index (χ1v) is 8.71. The molecule has 2 aliphatic heterocycles. The van der Waals surface area contributed by atoms with E-state index in [4.69, 9.17) is 9.15 Å². The normalized spacial score (nSPS) is 21.8. The van der Waals surface area contributed by atoms with Gasteiger partial charge in [-0.2, -0.15) is 4.98 Å². The molecule has 0 radical (unpaired) electrons. The van der Waals surface area contributed by atoms with Gasteiger partial charge in [-0.15, -0.1) is 0 Å². The first-order valence-electron chi connectivity index (χ1n) is 8.71. The van der Waals surface area contributed by atoms with Crippen LogP contribution in [-0.2, 0) is 4.74 Å². The summed E-state index contributed by atoms with van der Waals surface area (Å²) >= 11 is 0. The van der Waals surface area contributed by atoms with E-state index in [0.29, 0.717) is 6.04 Å². The van der Waals surface area contributed by atoms with Crippen LogP contribution in [0, 0.1) is 0 Å². The standard InChI is InChI=1S/C18H25N3O2/c1-20(18-19-16-4-2-3-5-17(16)23-18)14-6-10-21(11-7-14)15-8-12-22-13-9-15/h2-5,14-15H,6-13H2,1H3. The second kappa shape index (κ2) is 6.49. The summed E-state index contributed by atoms with van der Waals surface area (Å²) in [5, 5.41) is 0. The molecule has 2 aromatic rings. The molecule has 1 aromatic heterocycles. The molecule has 0 N–H and O–H groups in total. The Morgan fingerprint density at radius 2 is 1.83 bits per heavy atom. The van der Waals surface area contributed by atoms with E-state index in [2.05, 4.69) is 21.8 Å². The number of hydrogen-bond acceptors (Lipinski definition) is 5. The van der Waals surface area contributed by atoms with Crippen molar-refractivity contribution in [1.29, 1.82) is 0 Å². The zero-order chi connectivity index (χ0) is 15.6. The van der Waals surface area contributed by atoms with Crippen LogP contribution < -0.4 is 4.90 Å². The fraction of sp³-hybridized carbons (Fsp3) is 0.611. The second-order valence-corrected chi connectivity index (χ2v) is 6.69. The van der Waals surface area contributed by atoms with Crippen LogP contribution in [0.4, 0.5) is 6.01 Å². The number of fused-ring (bicyclic) bond motifs is 1. The molecule has 0 spiro atoms. The Morgan fingerprint density at radius 1 is 1.09 bits per heavy atom. The Labute approximate surface area is 137 Å². The molecule has 0 amide bonds. The highest BCUT2D eigenvalue weighted by atomic mass is 16.5. The van der Waals surface area contributed by atoms with Crippen molar-refractivity contribution in [2.75, 3.05) is 38.3 Å². The zero-order valence-corrected chi connectivity index (χ0v) is 13.8. The molecule has 0 saturated carbocycles. The van der Waals surface area contributed by atoms with Gasteiger partial charge in [0, 0.05) is 45.4 Å². The number of benzene rings is 1. The van der Waals surface area contributed by atoms with Gasteiger partial charge in [0.25, 0.3) is 6.01 Å². The average molecular weight is 315 g/mol. The van der Waals surface area contributed by atoms with E-state index < -0.39 is 0 Å². The Kier molecular flexibility index (Phi) is 4.23. The van der Waals surface area contributed by atoms with Crippen molar-refractivity contribution in [3.8, 4) is 0 Å². The summed E-state index contributed by atoms with van der Waals surface area (Å²) in [5.74, 6) is 0. The lowest BCUT2D eigenvalue weighted by molar-refractivity contribution is 0.0252. The van der Waals surface area contributed by atoms with Crippen LogP contribution in [0.2, 0.25) is 0 Å². The molecule has 23 heavy (non-hydrogen) atoms. The Morgan fingerprint density at radius 3 is 2.57 bits per heavy atom. The molecule has 0 bridgehead atoms. The Bertz CT molecular complexity index is 610. The lowest BCUT2D eigenvalue weighted by atomic mass is 9.99. The maximum Gasteiger partial charge on any atom is 0.298 e. The number of anilines is 1. The third kappa shape index (κ3) is 3.08. The highest BCUT2D eigenvalue weighted by Crippen LogP contribution is 2.27. The first-order chi connectivity index (χ1) is 11.3. The van der Waals surface area contributed by atoms with Crippen molar-refractivity contribution in [1.82, 2.24) is 9.88 Å². The average Bonchev–Trinajstić information content (AvgIpc) is 3.06. The highest BCUT2D eigenvalue weighted by Gasteiger charge is 2.29. The lowest BCUT2D eigenvalue weighted by Gasteiger charge is -2.41. The predicted octanol–water partition coefficient (Wildman–Crippen LogP) is 2.91. The highest BCUT2D eigenvalue weighted by molar-refractivity contribution is 5.74. The maximum absolute atomic E-state index is 5.91. The topological polar surface area (TPSA) is 41.7 Å². The van der Waals surface area contributed by atoms with Gasteiger partial charge in [-0.3, -0.25) is 0 Å². The molecular weight excluding hydrogens is 290 g/mol. The maximum atomic E-state index is 5.91. The van der Waals surface area contributed by atoms with Crippen LogP contribution in [-0.4, -0.2) is 55.3 Å². The van der Waals surface area contributed by atoms with E-state index in [-0.39, 0.29) is 0 Å². The van der Waals surface area contributed by atoms with E-state index in [9.17, 15) is 0 Å². The Hall–Kier alpha value is -1.59. The summed E-state index contributed by atoms with van der Waals surface area (Å²) in [6, 6.07) is 9.95. The lowest BCUT2D eigenvalue weighted by Crippen LogP contribution is -2.48. The number of oxazole rings is 1. The molecule has 2 fully saturated rings.